The fourth-order valence-corrected chi connectivity index (χ4v) is 9.35. The van der Waals surface area contributed by atoms with E-state index in [4.69, 9.17) is 13.8 Å². The van der Waals surface area contributed by atoms with Gasteiger partial charge in [0.25, 0.3) is 0 Å². The lowest BCUT2D eigenvalue weighted by molar-refractivity contribution is -0.165. The van der Waals surface area contributed by atoms with Crippen molar-refractivity contribution in [2.75, 3.05) is 18.6 Å². The lowest BCUT2D eigenvalue weighted by Crippen LogP contribution is -2.59. The molecule has 0 amide bonds. The molecule has 0 heterocycles. The molecule has 10 heteroatoms. The number of phenolic OH excluding ortho intramolecular Hbond substituents is 1. The number of carbonyl (C=O) groups is 1. The van der Waals surface area contributed by atoms with Gasteiger partial charge in [0, 0.05) is 6.42 Å². The Labute approximate surface area is 276 Å². The summed E-state index contributed by atoms with van der Waals surface area (Å²) in [7, 11) is -3.57. The maximum atomic E-state index is 13.6. The van der Waals surface area contributed by atoms with Crippen LogP contribution in [0.2, 0.25) is 0 Å². The molecule has 0 saturated heterocycles. The number of hydrogen-bond donors (Lipinski definition) is 2. The summed E-state index contributed by atoms with van der Waals surface area (Å²) >= 11 is 1.62. The molecular formula is C36H43NO7S2. The molecule has 3 aromatic rings. The molecular weight excluding hydrogens is 623 g/mol. The zero-order valence-corrected chi connectivity index (χ0v) is 27.9. The number of aryl methyl sites for hydroxylation is 1. The smallest absolute Gasteiger partial charge is 0.338 e. The standard InChI is InChI=1S/C36H43NO7S2/c1-46(40,41)44-33-12-10-32(11-13-33)42-16-14-25-2-4-27(5-3-25)21-34(45-17-15-26-6-8-31(38)9-7-26)35(39)43-37-36-22-28-18-29(23-36)20-30(19-28)24-36/h2-13,28-30,34,37-38H,14-24H2,1H3. The van der Waals surface area contributed by atoms with Gasteiger partial charge in [-0.3, -0.25) is 0 Å². The second kappa shape index (κ2) is 14.3. The van der Waals surface area contributed by atoms with Crippen molar-refractivity contribution >= 4 is 27.8 Å². The predicted molar refractivity (Wildman–Crippen MR) is 179 cm³/mol. The van der Waals surface area contributed by atoms with Crippen LogP contribution in [-0.2, 0) is 39.0 Å². The summed E-state index contributed by atoms with van der Waals surface area (Å²) in [5.74, 6) is 3.96. The number of phenols is 1. The summed E-state index contributed by atoms with van der Waals surface area (Å²) in [6.45, 7) is 0.462. The third-order valence-electron chi connectivity index (χ3n) is 9.49. The van der Waals surface area contributed by atoms with Gasteiger partial charge < -0.3 is 18.9 Å². The Morgan fingerprint density at radius 3 is 2.00 bits per heavy atom. The number of rotatable bonds is 15. The van der Waals surface area contributed by atoms with Crippen LogP contribution in [0, 0.1) is 17.8 Å². The molecule has 2 N–H and O–H groups in total. The molecule has 1 unspecified atom stereocenters. The first-order chi connectivity index (χ1) is 22.1. The van der Waals surface area contributed by atoms with Crippen molar-refractivity contribution < 1.29 is 32.1 Å². The van der Waals surface area contributed by atoms with Gasteiger partial charge in [-0.25, -0.2) is 4.79 Å². The van der Waals surface area contributed by atoms with Crippen molar-refractivity contribution in [3.63, 3.8) is 0 Å². The average Bonchev–Trinajstić information content (AvgIpc) is 3.01. The number of hydroxylamine groups is 1. The second-order valence-corrected chi connectivity index (χ2v) is 16.3. The average molecular weight is 666 g/mol. The fraction of sp³-hybridized carbons (Fsp3) is 0.472. The van der Waals surface area contributed by atoms with Crippen molar-refractivity contribution in [1.29, 1.82) is 0 Å². The molecule has 1 atom stereocenters. The summed E-state index contributed by atoms with van der Waals surface area (Å²) in [6, 6.07) is 22.0. The molecule has 246 valence electrons. The van der Waals surface area contributed by atoms with Gasteiger partial charge in [-0.1, -0.05) is 36.4 Å². The molecule has 0 radical (unpaired) electrons. The van der Waals surface area contributed by atoms with Crippen LogP contribution >= 0.6 is 11.8 Å². The number of aromatic hydroxyl groups is 1. The molecule has 4 bridgehead atoms. The number of ether oxygens (including phenoxy) is 1. The second-order valence-electron chi connectivity index (χ2n) is 13.4. The lowest BCUT2D eigenvalue weighted by atomic mass is 9.53. The van der Waals surface area contributed by atoms with Gasteiger partial charge in [0.1, 0.15) is 22.5 Å². The van der Waals surface area contributed by atoms with Crippen molar-refractivity contribution in [3.8, 4) is 17.2 Å². The summed E-state index contributed by atoms with van der Waals surface area (Å²) < 4.78 is 33.3. The highest BCUT2D eigenvalue weighted by atomic mass is 32.2. The van der Waals surface area contributed by atoms with Gasteiger partial charge in [-0.15, -0.1) is 17.2 Å². The van der Waals surface area contributed by atoms with Crippen LogP contribution in [0.4, 0.5) is 0 Å². The van der Waals surface area contributed by atoms with Crippen LogP contribution in [0.1, 0.15) is 55.2 Å². The third kappa shape index (κ3) is 8.98. The molecule has 3 aromatic carbocycles. The summed E-state index contributed by atoms with van der Waals surface area (Å²) in [5, 5.41) is 9.27. The van der Waals surface area contributed by atoms with E-state index in [1.807, 2.05) is 12.1 Å². The quantitative estimate of drug-likeness (QED) is 0.144. The minimum Gasteiger partial charge on any atom is -0.508 e. The van der Waals surface area contributed by atoms with Gasteiger partial charge in [0.05, 0.1) is 18.4 Å². The third-order valence-corrected chi connectivity index (χ3v) is 11.2. The first-order valence-corrected chi connectivity index (χ1v) is 19.0. The van der Waals surface area contributed by atoms with Gasteiger partial charge in [0.15, 0.2) is 0 Å². The lowest BCUT2D eigenvalue weighted by Gasteiger charge is -2.56. The predicted octanol–water partition coefficient (Wildman–Crippen LogP) is 6.26. The van der Waals surface area contributed by atoms with E-state index in [-0.39, 0.29) is 28.3 Å². The number of hydrogen-bond acceptors (Lipinski definition) is 9. The van der Waals surface area contributed by atoms with Crippen LogP contribution in [0.15, 0.2) is 72.8 Å². The summed E-state index contributed by atoms with van der Waals surface area (Å²) in [5.41, 5.74) is 6.58. The largest absolute Gasteiger partial charge is 0.508 e. The highest BCUT2D eigenvalue weighted by Crippen LogP contribution is 2.55. The van der Waals surface area contributed by atoms with Crippen LogP contribution in [0.25, 0.3) is 0 Å². The normalized spacial score (nSPS) is 24.0. The van der Waals surface area contributed by atoms with Crippen LogP contribution in [0.3, 0.4) is 0 Å². The molecule has 0 spiro atoms. The number of thioether (sulfide) groups is 1. The Morgan fingerprint density at radius 2 is 1.39 bits per heavy atom. The maximum Gasteiger partial charge on any atom is 0.338 e. The Morgan fingerprint density at radius 1 is 0.848 bits per heavy atom. The minimum absolute atomic E-state index is 0.0542. The number of nitrogens with one attached hydrogen (secondary N) is 1. The van der Waals surface area contributed by atoms with E-state index in [2.05, 4.69) is 29.7 Å². The first-order valence-electron chi connectivity index (χ1n) is 16.2. The molecule has 0 aromatic heterocycles. The minimum atomic E-state index is -3.57. The van der Waals surface area contributed by atoms with E-state index in [9.17, 15) is 18.3 Å². The van der Waals surface area contributed by atoms with E-state index in [1.54, 1.807) is 48.2 Å². The first kappa shape index (κ1) is 32.7. The molecule has 7 rings (SSSR count). The molecule has 4 fully saturated rings. The van der Waals surface area contributed by atoms with Crippen LogP contribution < -0.4 is 14.4 Å². The van der Waals surface area contributed by atoms with Crippen molar-refractivity contribution in [2.24, 2.45) is 17.8 Å². The SMILES string of the molecule is CS(=O)(=O)Oc1ccc(OCCc2ccc(CC(SCCc3ccc(O)cc3)C(=O)ONC34CC5CC(CC(C5)C3)C4)cc2)cc1. The van der Waals surface area contributed by atoms with Gasteiger partial charge >= 0.3 is 16.1 Å². The van der Waals surface area contributed by atoms with Gasteiger partial charge in [-0.2, -0.15) is 8.42 Å². The molecule has 4 saturated carbocycles. The van der Waals surface area contributed by atoms with Gasteiger partial charge in [0.2, 0.25) is 0 Å². The maximum absolute atomic E-state index is 13.6. The fourth-order valence-electron chi connectivity index (χ4n) is 7.76. The Kier molecular flexibility index (Phi) is 10.2. The van der Waals surface area contributed by atoms with Crippen molar-refractivity contribution in [1.82, 2.24) is 5.48 Å². The van der Waals surface area contributed by atoms with Crippen LogP contribution in [-0.4, -0.2) is 48.9 Å². The monoisotopic (exact) mass is 665 g/mol. The molecule has 4 aliphatic rings. The molecule has 0 aliphatic heterocycles. The summed E-state index contributed by atoms with van der Waals surface area (Å²) in [6.07, 6.45) is 10.4. The van der Waals surface area contributed by atoms with Gasteiger partial charge in [-0.05, 0) is 128 Å². The zero-order chi connectivity index (χ0) is 32.1. The van der Waals surface area contributed by atoms with Crippen molar-refractivity contribution in [3.05, 3.63) is 89.5 Å². The Balaban J connectivity index is 1.03. The van der Waals surface area contributed by atoms with E-state index in [0.717, 1.165) is 72.1 Å². The Hall–Kier alpha value is -3.21. The molecule has 4 aliphatic carbocycles. The van der Waals surface area contributed by atoms with E-state index in [1.165, 1.54) is 19.3 Å². The van der Waals surface area contributed by atoms with Crippen LogP contribution in [0.5, 0.6) is 17.2 Å². The number of carbonyl (C=O) groups excluding carboxylic acids is 1. The zero-order valence-electron chi connectivity index (χ0n) is 26.2. The highest BCUT2D eigenvalue weighted by molar-refractivity contribution is 8.00. The molecule has 46 heavy (non-hydrogen) atoms. The van der Waals surface area contributed by atoms with E-state index >= 15 is 0 Å². The Bertz CT molecular complexity index is 1540. The molecule has 8 nitrogen and oxygen atoms in total. The van der Waals surface area contributed by atoms with E-state index < -0.39 is 10.1 Å². The van der Waals surface area contributed by atoms with Crippen molar-refractivity contribution in [2.45, 2.75) is 68.6 Å². The number of benzene rings is 3. The highest BCUT2D eigenvalue weighted by Gasteiger charge is 2.51. The topological polar surface area (TPSA) is 111 Å². The summed E-state index contributed by atoms with van der Waals surface area (Å²) in [4.78, 5) is 19.5. The van der Waals surface area contributed by atoms with E-state index in [0.29, 0.717) is 25.2 Å².